The summed E-state index contributed by atoms with van der Waals surface area (Å²) in [5.41, 5.74) is 1.52. The molecule has 1 fully saturated rings. The molecule has 6 heteroatoms. The molecular weight excluding hydrogens is 268 g/mol. The lowest BCUT2D eigenvalue weighted by Gasteiger charge is -2.16. The molecule has 0 saturated heterocycles. The van der Waals surface area contributed by atoms with Crippen LogP contribution < -0.4 is 10.2 Å². The number of carbonyl (C=O) groups excluding carboxylic acids is 1. The van der Waals surface area contributed by atoms with Gasteiger partial charge in [0.2, 0.25) is 0 Å². The van der Waals surface area contributed by atoms with Gasteiger partial charge in [-0.15, -0.1) is 5.10 Å². The lowest BCUT2D eigenvalue weighted by atomic mass is 10.1. The molecule has 0 aliphatic heterocycles. The van der Waals surface area contributed by atoms with Gasteiger partial charge in [-0.25, -0.2) is 0 Å². The van der Waals surface area contributed by atoms with Gasteiger partial charge in [0.15, 0.2) is 6.61 Å². The van der Waals surface area contributed by atoms with Crippen LogP contribution in [0.25, 0.3) is 11.0 Å². The van der Waals surface area contributed by atoms with Crippen molar-refractivity contribution in [2.45, 2.75) is 44.6 Å². The average molecular weight is 288 g/mol. The Morgan fingerprint density at radius 1 is 1.24 bits per heavy atom. The van der Waals surface area contributed by atoms with Gasteiger partial charge in [0.05, 0.1) is 0 Å². The monoisotopic (exact) mass is 288 g/mol. The zero-order valence-corrected chi connectivity index (χ0v) is 12.0. The molecule has 0 atom stereocenters. The Bertz CT molecular complexity index is 602. The molecule has 21 heavy (non-hydrogen) atoms. The van der Waals surface area contributed by atoms with Gasteiger partial charge in [-0.2, -0.15) is 0 Å². The number of benzene rings is 1. The number of aromatic nitrogens is 3. The number of rotatable bonds is 4. The summed E-state index contributed by atoms with van der Waals surface area (Å²) >= 11 is 0. The minimum Gasteiger partial charge on any atom is -0.385 e. The fourth-order valence-corrected chi connectivity index (χ4v) is 2.76. The number of nitrogens with one attached hydrogen (secondary N) is 1. The van der Waals surface area contributed by atoms with E-state index in [2.05, 4.69) is 15.6 Å². The van der Waals surface area contributed by atoms with Gasteiger partial charge in [-0.05, 0) is 30.2 Å². The van der Waals surface area contributed by atoms with E-state index in [4.69, 9.17) is 4.84 Å². The van der Waals surface area contributed by atoms with Crippen molar-refractivity contribution in [1.29, 1.82) is 0 Å². The Kier molecular flexibility index (Phi) is 4.33. The molecule has 1 aliphatic carbocycles. The SMILES string of the molecule is O=C(COn1nnc2ccccc21)NC1CCCCCC1. The Labute approximate surface area is 123 Å². The second-order valence-electron chi connectivity index (χ2n) is 5.48. The number of nitrogens with zero attached hydrogens (tertiary/aromatic N) is 3. The van der Waals surface area contributed by atoms with Crippen LogP contribution in [0.5, 0.6) is 0 Å². The highest BCUT2D eigenvalue weighted by Gasteiger charge is 2.15. The quantitative estimate of drug-likeness (QED) is 0.869. The van der Waals surface area contributed by atoms with E-state index >= 15 is 0 Å². The van der Waals surface area contributed by atoms with Crippen LogP contribution in [0.15, 0.2) is 24.3 Å². The molecule has 1 aliphatic rings. The summed E-state index contributed by atoms with van der Waals surface area (Å²) < 4.78 is 0. The summed E-state index contributed by atoms with van der Waals surface area (Å²) in [7, 11) is 0. The number of amides is 1. The fraction of sp³-hybridized carbons (Fsp3) is 0.533. The Morgan fingerprint density at radius 3 is 2.81 bits per heavy atom. The van der Waals surface area contributed by atoms with E-state index in [1.54, 1.807) is 0 Å². The topological polar surface area (TPSA) is 69.0 Å². The van der Waals surface area contributed by atoms with Crippen LogP contribution in [0.2, 0.25) is 0 Å². The first kappa shape index (κ1) is 13.9. The van der Waals surface area contributed by atoms with E-state index < -0.39 is 0 Å². The van der Waals surface area contributed by atoms with Crippen LogP contribution in [0.4, 0.5) is 0 Å². The van der Waals surface area contributed by atoms with E-state index in [-0.39, 0.29) is 18.6 Å². The highest BCUT2D eigenvalue weighted by Crippen LogP contribution is 2.17. The number of fused-ring (bicyclic) bond motifs is 1. The molecule has 112 valence electrons. The smallest absolute Gasteiger partial charge is 0.260 e. The summed E-state index contributed by atoms with van der Waals surface area (Å²) in [6, 6.07) is 7.78. The molecule has 3 rings (SSSR count). The van der Waals surface area contributed by atoms with Crippen molar-refractivity contribution in [2.75, 3.05) is 6.61 Å². The van der Waals surface area contributed by atoms with Crippen molar-refractivity contribution in [3.05, 3.63) is 24.3 Å². The van der Waals surface area contributed by atoms with Crippen LogP contribution in [0.3, 0.4) is 0 Å². The minimum atomic E-state index is -0.0959. The van der Waals surface area contributed by atoms with E-state index in [1.165, 1.54) is 30.5 Å². The van der Waals surface area contributed by atoms with Crippen molar-refractivity contribution in [3.63, 3.8) is 0 Å². The van der Waals surface area contributed by atoms with Crippen molar-refractivity contribution in [3.8, 4) is 0 Å². The molecule has 1 heterocycles. The summed E-state index contributed by atoms with van der Waals surface area (Å²) in [6.07, 6.45) is 7.07. The Morgan fingerprint density at radius 2 is 2.00 bits per heavy atom. The molecule has 1 aromatic heterocycles. The van der Waals surface area contributed by atoms with Crippen molar-refractivity contribution in [1.82, 2.24) is 20.5 Å². The third-order valence-electron chi connectivity index (χ3n) is 3.86. The molecule has 0 spiro atoms. The van der Waals surface area contributed by atoms with E-state index in [1.807, 2.05) is 24.3 Å². The van der Waals surface area contributed by atoms with Crippen molar-refractivity contribution < 1.29 is 9.63 Å². The first-order chi connectivity index (χ1) is 10.3. The third kappa shape index (κ3) is 3.51. The van der Waals surface area contributed by atoms with Gasteiger partial charge >= 0.3 is 0 Å². The van der Waals surface area contributed by atoms with Crippen molar-refractivity contribution in [2.24, 2.45) is 0 Å². The molecule has 1 amide bonds. The zero-order chi connectivity index (χ0) is 14.5. The average Bonchev–Trinajstić information content (AvgIpc) is 2.74. The van der Waals surface area contributed by atoms with Gasteiger partial charge in [0, 0.05) is 6.04 Å². The number of carbonyl (C=O) groups is 1. The second kappa shape index (κ2) is 6.56. The molecule has 0 bridgehead atoms. The largest absolute Gasteiger partial charge is 0.385 e. The summed E-state index contributed by atoms with van der Waals surface area (Å²) in [6.45, 7) is -0.0378. The lowest BCUT2D eigenvalue weighted by molar-refractivity contribution is -0.127. The fourth-order valence-electron chi connectivity index (χ4n) is 2.76. The van der Waals surface area contributed by atoms with E-state index in [9.17, 15) is 4.79 Å². The van der Waals surface area contributed by atoms with E-state index in [0.29, 0.717) is 0 Å². The molecule has 1 saturated carbocycles. The van der Waals surface area contributed by atoms with Gasteiger partial charge in [-0.1, -0.05) is 42.7 Å². The van der Waals surface area contributed by atoms with Crippen LogP contribution in [0, 0.1) is 0 Å². The summed E-state index contributed by atoms with van der Waals surface area (Å²) in [5.74, 6) is -0.0959. The molecule has 1 aromatic carbocycles. The van der Waals surface area contributed by atoms with Crippen LogP contribution in [-0.2, 0) is 4.79 Å². The Hall–Kier alpha value is -2.11. The minimum absolute atomic E-state index is 0.0378. The molecule has 0 radical (unpaired) electrons. The lowest BCUT2D eigenvalue weighted by Crippen LogP contribution is -2.39. The third-order valence-corrected chi connectivity index (χ3v) is 3.86. The number of hydrogen-bond donors (Lipinski definition) is 1. The summed E-state index contributed by atoms with van der Waals surface area (Å²) in [5, 5.41) is 10.9. The Balaban J connectivity index is 1.53. The first-order valence-corrected chi connectivity index (χ1v) is 7.56. The molecular formula is C15H20N4O2. The summed E-state index contributed by atoms with van der Waals surface area (Å²) in [4.78, 5) is 18.7. The van der Waals surface area contributed by atoms with Gasteiger partial charge in [0.25, 0.3) is 5.91 Å². The zero-order valence-electron chi connectivity index (χ0n) is 12.0. The van der Waals surface area contributed by atoms with Crippen LogP contribution in [0.1, 0.15) is 38.5 Å². The van der Waals surface area contributed by atoms with Gasteiger partial charge in [-0.3, -0.25) is 4.79 Å². The molecule has 6 nitrogen and oxygen atoms in total. The number of para-hydroxylation sites is 1. The maximum absolute atomic E-state index is 12.0. The standard InChI is InChI=1S/C15H20N4O2/c20-15(16-12-7-3-1-2-4-8-12)11-21-19-14-10-6-5-9-13(14)17-18-19/h5-6,9-10,12H,1-4,7-8,11H2,(H,16,20). The van der Waals surface area contributed by atoms with Crippen LogP contribution in [-0.4, -0.2) is 33.7 Å². The number of hydrogen-bond acceptors (Lipinski definition) is 4. The highest BCUT2D eigenvalue weighted by atomic mass is 16.7. The highest BCUT2D eigenvalue weighted by molar-refractivity contribution is 5.78. The van der Waals surface area contributed by atoms with E-state index in [0.717, 1.165) is 23.9 Å². The van der Waals surface area contributed by atoms with Gasteiger partial charge in [0.1, 0.15) is 11.0 Å². The van der Waals surface area contributed by atoms with Gasteiger partial charge < -0.3 is 10.2 Å². The normalized spacial score (nSPS) is 16.6. The second-order valence-corrected chi connectivity index (χ2v) is 5.48. The van der Waals surface area contributed by atoms with Crippen molar-refractivity contribution >= 4 is 16.9 Å². The molecule has 2 aromatic rings. The predicted octanol–water partition coefficient (Wildman–Crippen LogP) is 1.70. The van der Waals surface area contributed by atoms with Crippen LogP contribution >= 0.6 is 0 Å². The predicted molar refractivity (Wildman–Crippen MR) is 78.6 cm³/mol. The molecule has 1 N–H and O–H groups in total. The molecule has 0 unspecified atom stereocenters. The maximum Gasteiger partial charge on any atom is 0.260 e. The first-order valence-electron chi connectivity index (χ1n) is 7.56. The maximum atomic E-state index is 12.0.